The van der Waals surface area contributed by atoms with Crippen molar-refractivity contribution in [1.29, 1.82) is 0 Å². The molecule has 0 aromatic rings. The Bertz CT molecular complexity index is 27.9. The van der Waals surface area contributed by atoms with Crippen molar-refractivity contribution < 1.29 is 31.2 Å². The van der Waals surface area contributed by atoms with Crippen LogP contribution in [-0.2, 0) is 25.7 Å². The van der Waals surface area contributed by atoms with E-state index in [4.69, 9.17) is 6.65 Å². The molecule has 0 heterocycles. The zero-order valence-electron chi connectivity index (χ0n) is 2.82. The fourth-order valence-corrected chi connectivity index (χ4v) is 0. The number of rotatable bonds is 0. The molecule has 5 heavy (non-hydrogen) atoms. The van der Waals surface area contributed by atoms with Crippen LogP contribution in [0.5, 0.6) is 0 Å². The Morgan fingerprint density at radius 3 is 1.20 bits per heavy atom. The van der Waals surface area contributed by atoms with E-state index in [0.717, 1.165) is 0 Å². The van der Waals surface area contributed by atoms with E-state index >= 15 is 0 Å². The van der Waals surface area contributed by atoms with Crippen LogP contribution in [0.15, 0.2) is 0 Å². The molecule has 0 amide bonds. The summed E-state index contributed by atoms with van der Waals surface area (Å²) in [5.41, 5.74) is 0. The second-order valence-corrected chi connectivity index (χ2v) is 0.344. The van der Waals surface area contributed by atoms with Crippen molar-refractivity contribution in [2.45, 2.75) is 0 Å². The second-order valence-electron chi connectivity index (χ2n) is 0.0833. The summed E-state index contributed by atoms with van der Waals surface area (Å²) in [5.74, 6) is 0. The molecule has 0 bridgehead atoms. The number of hydrogen-bond acceptors (Lipinski definition) is 2. The van der Waals surface area contributed by atoms with E-state index in [9.17, 15) is 0 Å². The molecule has 29 valence electrons. The monoisotopic (exact) mass is 127 g/mol. The van der Waals surface area contributed by atoms with E-state index in [1.807, 2.05) is 0 Å². The first-order chi connectivity index (χ1) is 1.41. The van der Waals surface area contributed by atoms with Crippen LogP contribution in [0.4, 0.5) is 0 Å². The van der Waals surface area contributed by atoms with Gasteiger partial charge in [-0.2, -0.15) is 0 Å². The van der Waals surface area contributed by atoms with Crippen LogP contribution in [0.25, 0.3) is 0 Å². The van der Waals surface area contributed by atoms with E-state index in [-0.39, 0.29) is 22.8 Å². The van der Waals surface area contributed by atoms with Crippen LogP contribution in [0, 0.1) is 0 Å². The normalized spacial score (nSPS) is 1.60. The molecule has 0 aliphatic rings. The quantitative estimate of drug-likeness (QED) is 0.354. The third-order valence-electron chi connectivity index (χ3n) is 0. The van der Waals surface area contributed by atoms with Crippen LogP contribution in [0.2, 0.25) is 0 Å². The average Bonchev–Trinajstić information content (AvgIpc) is 0.918. The van der Waals surface area contributed by atoms with E-state index in [0.29, 0.717) is 0 Å². The predicted octanol–water partition coefficient (Wildman–Crippen LogP) is -1.98. The molecule has 0 saturated heterocycles. The molecule has 0 atom stereocenters. The van der Waals surface area contributed by atoms with Crippen LogP contribution >= 0.6 is 0 Å². The second kappa shape index (κ2) is 21.3. The van der Waals surface area contributed by atoms with E-state index in [1.54, 1.807) is 0 Å². The van der Waals surface area contributed by atoms with Gasteiger partial charge in [-0.1, -0.05) is 0 Å². The van der Waals surface area contributed by atoms with Crippen molar-refractivity contribution in [2.75, 3.05) is 0 Å². The Morgan fingerprint density at radius 2 is 1.20 bits per heavy atom. The molecule has 2 N–H and O–H groups in total. The molecular weight excluding hydrogens is 123 g/mol. The Labute approximate surface area is 48.8 Å². The SMILES string of the molecule is O.[AlH2].[O]=[Ti]=[O]. The van der Waals surface area contributed by atoms with Crippen molar-refractivity contribution in [3.63, 3.8) is 0 Å². The molecule has 0 aliphatic carbocycles. The molecule has 0 aliphatic heterocycles. The van der Waals surface area contributed by atoms with Crippen LogP contribution < -0.4 is 0 Å². The van der Waals surface area contributed by atoms with Gasteiger partial charge in [0.25, 0.3) is 0 Å². The summed E-state index contributed by atoms with van der Waals surface area (Å²) >= 11 is -2.00. The first-order valence-electron chi connectivity index (χ1n) is 0.408. The maximum atomic E-state index is 8.50. The minimum absolute atomic E-state index is 0. The van der Waals surface area contributed by atoms with E-state index in [1.165, 1.54) is 0 Å². The van der Waals surface area contributed by atoms with Gasteiger partial charge in [-0.15, -0.1) is 0 Å². The van der Waals surface area contributed by atoms with Crippen molar-refractivity contribution in [3.8, 4) is 0 Å². The Kier molecular flexibility index (Phi) is 72.7. The molecule has 0 fully saturated rings. The van der Waals surface area contributed by atoms with Crippen molar-refractivity contribution in [2.24, 2.45) is 0 Å². The standard InChI is InChI=1S/Al.H2O.2O.Ti.2H/h;1H2;;;;;. The summed E-state index contributed by atoms with van der Waals surface area (Å²) in [6.07, 6.45) is 0. The fraction of sp³-hybridized carbons (Fsp3) is 0. The Hall–Kier alpha value is 0.807. The molecule has 0 spiro atoms. The van der Waals surface area contributed by atoms with Crippen LogP contribution in [0.3, 0.4) is 0 Å². The molecule has 0 rings (SSSR count). The molecule has 0 aromatic carbocycles. The Balaban J connectivity index is -0.0000000200. The summed E-state index contributed by atoms with van der Waals surface area (Å²) in [6.45, 7) is 0. The predicted molar refractivity (Wildman–Crippen MR) is 13.5 cm³/mol. The van der Waals surface area contributed by atoms with Gasteiger partial charge < -0.3 is 5.48 Å². The fourth-order valence-electron chi connectivity index (χ4n) is 0. The maximum absolute atomic E-state index is 8.50. The average molecular weight is 127 g/mol. The van der Waals surface area contributed by atoms with Gasteiger partial charge in [0.1, 0.15) is 17.4 Å². The van der Waals surface area contributed by atoms with Gasteiger partial charge in [0.05, 0.1) is 0 Å². The summed E-state index contributed by atoms with van der Waals surface area (Å²) in [4.78, 5) is 0. The first-order valence-corrected chi connectivity index (χ1v) is 1.68. The third-order valence-corrected chi connectivity index (χ3v) is 0. The van der Waals surface area contributed by atoms with Gasteiger partial charge in [0.15, 0.2) is 0 Å². The molecule has 5 heteroatoms. The van der Waals surface area contributed by atoms with E-state index in [2.05, 4.69) is 0 Å². The Morgan fingerprint density at radius 1 is 1.20 bits per heavy atom. The van der Waals surface area contributed by atoms with Gasteiger partial charge in [0, 0.05) is 0 Å². The van der Waals surface area contributed by atoms with Gasteiger partial charge >= 0.3 is 25.7 Å². The topological polar surface area (TPSA) is 65.6 Å². The van der Waals surface area contributed by atoms with Gasteiger partial charge in [-0.25, -0.2) is 0 Å². The summed E-state index contributed by atoms with van der Waals surface area (Å²) in [5, 5.41) is 0. The van der Waals surface area contributed by atoms with Crippen LogP contribution in [-0.4, -0.2) is 22.8 Å². The van der Waals surface area contributed by atoms with Crippen LogP contribution in [0.1, 0.15) is 0 Å². The third kappa shape index (κ3) is 58.2. The van der Waals surface area contributed by atoms with Crippen molar-refractivity contribution >= 4 is 17.4 Å². The summed E-state index contributed by atoms with van der Waals surface area (Å²) < 4.78 is 17.0. The molecule has 0 aromatic heterocycles. The zero-order valence-corrected chi connectivity index (χ0v) is 6.38. The van der Waals surface area contributed by atoms with Crippen molar-refractivity contribution in [1.82, 2.24) is 0 Å². The summed E-state index contributed by atoms with van der Waals surface area (Å²) in [6, 6.07) is 0. The minimum atomic E-state index is -2.00. The molecule has 0 saturated carbocycles. The molecule has 3 nitrogen and oxygen atoms in total. The number of hydrogen-bond donors (Lipinski definition) is 0. The first kappa shape index (κ1) is 17.0. The molecule has 1 radical (unpaired) electrons. The summed E-state index contributed by atoms with van der Waals surface area (Å²) in [7, 11) is 0. The molecule has 0 unspecified atom stereocenters. The van der Waals surface area contributed by atoms with Crippen molar-refractivity contribution in [3.05, 3.63) is 0 Å². The van der Waals surface area contributed by atoms with Gasteiger partial charge in [0.2, 0.25) is 0 Å². The van der Waals surface area contributed by atoms with Gasteiger partial charge in [-0.05, 0) is 0 Å². The zero-order chi connectivity index (χ0) is 2.71. The van der Waals surface area contributed by atoms with E-state index < -0.39 is 19.1 Å². The molecular formula is H4AlO3Ti. The van der Waals surface area contributed by atoms with Gasteiger partial charge in [-0.3, -0.25) is 0 Å².